The highest BCUT2D eigenvalue weighted by atomic mass is 32.3. The van der Waals surface area contributed by atoms with E-state index in [0.29, 0.717) is 0 Å². The van der Waals surface area contributed by atoms with Crippen molar-refractivity contribution in [1.82, 2.24) is 4.98 Å². The van der Waals surface area contributed by atoms with Crippen LogP contribution in [0.4, 0.5) is 0 Å². The molecule has 114 valence electrons. The first-order valence-electron chi connectivity index (χ1n) is 7.39. The highest BCUT2D eigenvalue weighted by Gasteiger charge is 2.20. The van der Waals surface area contributed by atoms with Crippen molar-refractivity contribution < 1.29 is 0 Å². The molecule has 0 aliphatic rings. The number of pyridine rings is 1. The molecule has 0 N–H and O–H groups in total. The molecule has 1 heterocycles. The summed E-state index contributed by atoms with van der Waals surface area (Å²) in [6.07, 6.45) is 10.2. The number of rotatable bonds is 3. The molecule has 21 heavy (non-hydrogen) atoms. The van der Waals surface area contributed by atoms with E-state index in [1.54, 1.807) is 0 Å². The van der Waals surface area contributed by atoms with Crippen LogP contribution in [0.25, 0.3) is 11.3 Å². The standard InChI is InChI=1S/C19H27NS/c1-19(2,3)13-16-12-17(15-10-8-7-9-11-15)20-14-18(16)21(4,5)6/h7-12,14H,13H2,1-6H3. The molecule has 0 radical (unpaired) electrons. The number of aromatic nitrogens is 1. The fraction of sp³-hybridized carbons (Fsp3) is 0.421. The lowest BCUT2D eigenvalue weighted by atomic mass is 9.88. The van der Waals surface area contributed by atoms with Crippen LogP contribution < -0.4 is 0 Å². The van der Waals surface area contributed by atoms with Crippen molar-refractivity contribution in [3.8, 4) is 11.3 Å². The van der Waals surface area contributed by atoms with E-state index in [2.05, 4.69) is 76.1 Å². The van der Waals surface area contributed by atoms with Gasteiger partial charge in [0.15, 0.2) is 0 Å². The maximum absolute atomic E-state index is 4.73. The maximum atomic E-state index is 4.73. The van der Waals surface area contributed by atoms with Crippen molar-refractivity contribution in [2.75, 3.05) is 18.8 Å². The summed E-state index contributed by atoms with van der Waals surface area (Å²) < 4.78 is 0. The van der Waals surface area contributed by atoms with Crippen molar-refractivity contribution in [2.24, 2.45) is 5.41 Å². The molecule has 1 nitrogen and oxygen atoms in total. The Labute approximate surface area is 131 Å². The van der Waals surface area contributed by atoms with Gasteiger partial charge < -0.3 is 0 Å². The van der Waals surface area contributed by atoms with Gasteiger partial charge in [-0.25, -0.2) is 10.0 Å². The molecule has 0 saturated heterocycles. The summed E-state index contributed by atoms with van der Waals surface area (Å²) in [5.41, 5.74) is 4.03. The average Bonchev–Trinajstić information content (AvgIpc) is 2.36. The molecule has 1 aromatic carbocycles. The average molecular weight is 301 g/mol. The van der Waals surface area contributed by atoms with E-state index in [0.717, 1.165) is 12.1 Å². The number of hydrogen-bond acceptors (Lipinski definition) is 1. The van der Waals surface area contributed by atoms with E-state index < -0.39 is 10.0 Å². The lowest BCUT2D eigenvalue weighted by molar-refractivity contribution is 0.408. The third kappa shape index (κ3) is 4.34. The molecule has 0 aliphatic heterocycles. The third-order valence-electron chi connectivity index (χ3n) is 3.40. The first-order valence-corrected chi connectivity index (χ1v) is 10.3. The summed E-state index contributed by atoms with van der Waals surface area (Å²) in [6, 6.07) is 12.8. The van der Waals surface area contributed by atoms with Crippen LogP contribution in [-0.2, 0) is 6.42 Å². The van der Waals surface area contributed by atoms with E-state index in [-0.39, 0.29) is 5.41 Å². The Kier molecular flexibility index (Phi) is 4.48. The van der Waals surface area contributed by atoms with Crippen molar-refractivity contribution in [3.63, 3.8) is 0 Å². The second-order valence-corrected chi connectivity index (χ2v) is 11.7. The van der Waals surface area contributed by atoms with E-state index in [9.17, 15) is 0 Å². The smallest absolute Gasteiger partial charge is 0.0705 e. The SMILES string of the molecule is CC(C)(C)Cc1cc(-c2ccccc2)ncc1S(C)(C)C. The Morgan fingerprint density at radius 1 is 1.00 bits per heavy atom. The highest BCUT2D eigenvalue weighted by molar-refractivity contribution is 8.32. The molecular weight excluding hydrogens is 274 g/mol. The van der Waals surface area contributed by atoms with Gasteiger partial charge in [-0.15, -0.1) is 0 Å². The van der Waals surface area contributed by atoms with E-state index in [1.807, 2.05) is 6.07 Å². The van der Waals surface area contributed by atoms with Crippen LogP contribution in [0.15, 0.2) is 47.5 Å². The van der Waals surface area contributed by atoms with Gasteiger partial charge in [0.2, 0.25) is 0 Å². The van der Waals surface area contributed by atoms with Crippen molar-refractivity contribution >= 4 is 10.0 Å². The van der Waals surface area contributed by atoms with Crippen LogP contribution >= 0.6 is 10.0 Å². The van der Waals surface area contributed by atoms with Gasteiger partial charge in [0.25, 0.3) is 0 Å². The maximum Gasteiger partial charge on any atom is 0.0705 e. The number of hydrogen-bond donors (Lipinski definition) is 0. The lowest BCUT2D eigenvalue weighted by Gasteiger charge is -2.31. The summed E-state index contributed by atoms with van der Waals surface area (Å²) in [5.74, 6) is 0. The van der Waals surface area contributed by atoms with Gasteiger partial charge in [0, 0.05) is 16.7 Å². The molecule has 2 aromatic rings. The summed E-state index contributed by atoms with van der Waals surface area (Å²) in [7, 11) is -0.767. The molecule has 0 bridgehead atoms. The van der Waals surface area contributed by atoms with Crippen LogP contribution in [0.1, 0.15) is 26.3 Å². The lowest BCUT2D eigenvalue weighted by Crippen LogP contribution is -2.12. The molecule has 2 rings (SSSR count). The first-order chi connectivity index (χ1) is 9.67. The zero-order chi connectivity index (χ0) is 15.7. The van der Waals surface area contributed by atoms with Crippen molar-refractivity contribution in [2.45, 2.75) is 32.1 Å². The fourth-order valence-electron chi connectivity index (χ4n) is 2.51. The summed E-state index contributed by atoms with van der Waals surface area (Å²) >= 11 is 0. The van der Waals surface area contributed by atoms with Crippen molar-refractivity contribution in [3.05, 3.63) is 48.2 Å². The topological polar surface area (TPSA) is 12.9 Å². The van der Waals surface area contributed by atoms with E-state index in [1.165, 1.54) is 16.0 Å². The third-order valence-corrected chi connectivity index (χ3v) is 5.09. The van der Waals surface area contributed by atoms with E-state index in [4.69, 9.17) is 4.98 Å². The van der Waals surface area contributed by atoms with Crippen LogP contribution in [-0.4, -0.2) is 23.8 Å². The van der Waals surface area contributed by atoms with Gasteiger partial charge in [-0.05, 0) is 42.2 Å². The minimum Gasteiger partial charge on any atom is -0.255 e. The van der Waals surface area contributed by atoms with E-state index >= 15 is 0 Å². The molecule has 1 aromatic heterocycles. The second kappa shape index (κ2) is 5.84. The Morgan fingerprint density at radius 3 is 2.14 bits per heavy atom. The summed E-state index contributed by atoms with van der Waals surface area (Å²) in [6.45, 7) is 6.91. The predicted molar refractivity (Wildman–Crippen MR) is 96.5 cm³/mol. The van der Waals surface area contributed by atoms with Gasteiger partial charge in [0.05, 0.1) is 5.69 Å². The van der Waals surface area contributed by atoms with Crippen LogP contribution in [0.5, 0.6) is 0 Å². The minimum atomic E-state index is -0.767. The number of nitrogens with zero attached hydrogens (tertiary/aromatic N) is 1. The van der Waals surface area contributed by atoms with Crippen LogP contribution in [0.2, 0.25) is 0 Å². The molecule has 0 fully saturated rings. The van der Waals surface area contributed by atoms with Crippen LogP contribution in [0.3, 0.4) is 0 Å². The summed E-state index contributed by atoms with van der Waals surface area (Å²) in [4.78, 5) is 6.17. The fourth-order valence-corrected chi connectivity index (χ4v) is 3.80. The Balaban J connectivity index is 2.52. The molecule has 0 amide bonds. The largest absolute Gasteiger partial charge is 0.255 e. The second-order valence-electron chi connectivity index (χ2n) is 7.62. The highest BCUT2D eigenvalue weighted by Crippen LogP contribution is 2.48. The van der Waals surface area contributed by atoms with Gasteiger partial charge >= 0.3 is 0 Å². The molecule has 0 aliphatic carbocycles. The molecule has 0 saturated carbocycles. The zero-order valence-electron chi connectivity index (χ0n) is 14.1. The Hall–Kier alpha value is -1.28. The monoisotopic (exact) mass is 301 g/mol. The molecule has 2 heteroatoms. The van der Waals surface area contributed by atoms with Gasteiger partial charge in [-0.3, -0.25) is 4.98 Å². The quantitative estimate of drug-likeness (QED) is 0.740. The summed E-state index contributed by atoms with van der Waals surface area (Å²) in [5, 5.41) is 0. The van der Waals surface area contributed by atoms with Crippen LogP contribution in [0, 0.1) is 5.41 Å². The Bertz CT molecular complexity index is 604. The normalized spacial score (nSPS) is 13.2. The minimum absolute atomic E-state index is 0.286. The van der Waals surface area contributed by atoms with Gasteiger partial charge in [-0.2, -0.15) is 0 Å². The first kappa shape index (κ1) is 16.1. The zero-order valence-corrected chi connectivity index (χ0v) is 14.9. The molecule has 0 atom stereocenters. The predicted octanol–water partition coefficient (Wildman–Crippen LogP) is 5.39. The Morgan fingerprint density at radius 2 is 1.62 bits per heavy atom. The van der Waals surface area contributed by atoms with Gasteiger partial charge in [0.1, 0.15) is 0 Å². The van der Waals surface area contributed by atoms with Crippen molar-refractivity contribution in [1.29, 1.82) is 0 Å². The van der Waals surface area contributed by atoms with Gasteiger partial charge in [-0.1, -0.05) is 51.1 Å². The molecule has 0 spiro atoms. The molecule has 0 unspecified atom stereocenters. The number of benzene rings is 1. The molecular formula is C19H27NS.